The van der Waals surface area contributed by atoms with Crippen LogP contribution in [0.15, 0.2) is 50.6 Å². The van der Waals surface area contributed by atoms with Crippen molar-refractivity contribution in [1.29, 1.82) is 0 Å². The number of nitrogens with zero attached hydrogens (tertiary/aromatic N) is 3. The summed E-state index contributed by atoms with van der Waals surface area (Å²) in [5.41, 5.74) is 2.09. The topological polar surface area (TPSA) is 80.4 Å². The third kappa shape index (κ3) is 3.56. The van der Waals surface area contributed by atoms with E-state index in [1.54, 1.807) is 23.8 Å². The average molecular weight is 433 g/mol. The van der Waals surface area contributed by atoms with Gasteiger partial charge in [-0.3, -0.25) is 9.58 Å². The lowest BCUT2D eigenvalue weighted by Crippen LogP contribution is -2.56. The van der Waals surface area contributed by atoms with Crippen LogP contribution in [-0.2, 0) is 17.1 Å². The summed E-state index contributed by atoms with van der Waals surface area (Å²) in [6.07, 6.45) is 3.80. The molecule has 1 unspecified atom stereocenters. The smallest absolute Gasteiger partial charge is 0.250 e. The second-order valence-electron chi connectivity index (χ2n) is 7.88. The quantitative estimate of drug-likeness (QED) is 0.648. The summed E-state index contributed by atoms with van der Waals surface area (Å²) < 4.78 is 35.6. The SMILES string of the molecule is Cn1nc(-c2ccco2)cc1[C@@H]1CN2CC[C@H]1C[C@@H]2CNS(=O)(=O)c1cccs1. The average Bonchev–Trinajstić information content (AvgIpc) is 3.48. The van der Waals surface area contributed by atoms with Crippen LogP contribution in [-0.4, -0.2) is 48.8 Å². The molecular formula is C20H24N4O3S2. The zero-order chi connectivity index (χ0) is 20.0. The second kappa shape index (κ2) is 7.39. The van der Waals surface area contributed by atoms with E-state index in [-0.39, 0.29) is 6.04 Å². The van der Waals surface area contributed by atoms with Crippen molar-refractivity contribution in [1.82, 2.24) is 19.4 Å². The molecule has 3 saturated heterocycles. The minimum Gasteiger partial charge on any atom is -0.463 e. The van der Waals surface area contributed by atoms with E-state index < -0.39 is 10.0 Å². The van der Waals surface area contributed by atoms with E-state index in [4.69, 9.17) is 4.42 Å². The number of piperidine rings is 3. The fourth-order valence-corrected chi connectivity index (χ4v) is 6.86. The molecule has 154 valence electrons. The lowest BCUT2D eigenvalue weighted by atomic mass is 9.74. The van der Waals surface area contributed by atoms with E-state index in [0.29, 0.717) is 22.6 Å². The van der Waals surface area contributed by atoms with E-state index >= 15 is 0 Å². The van der Waals surface area contributed by atoms with Crippen molar-refractivity contribution in [2.45, 2.75) is 29.0 Å². The molecule has 1 N–H and O–H groups in total. The Bertz CT molecular complexity index is 1070. The molecule has 0 aromatic carbocycles. The highest BCUT2D eigenvalue weighted by molar-refractivity contribution is 7.91. The fraction of sp³-hybridized carbons (Fsp3) is 0.450. The summed E-state index contributed by atoms with van der Waals surface area (Å²) >= 11 is 1.25. The summed E-state index contributed by atoms with van der Waals surface area (Å²) in [4.78, 5) is 2.43. The van der Waals surface area contributed by atoms with Crippen LogP contribution in [0.2, 0.25) is 0 Å². The summed E-state index contributed by atoms with van der Waals surface area (Å²) in [6.45, 7) is 2.43. The summed E-state index contributed by atoms with van der Waals surface area (Å²) in [6, 6.07) is 9.60. The first-order chi connectivity index (χ1) is 14.0. The van der Waals surface area contributed by atoms with Gasteiger partial charge in [0.15, 0.2) is 5.76 Å². The molecule has 4 atom stereocenters. The van der Waals surface area contributed by atoms with Crippen molar-refractivity contribution in [2.75, 3.05) is 19.6 Å². The van der Waals surface area contributed by atoms with Crippen LogP contribution in [0.1, 0.15) is 24.5 Å². The monoisotopic (exact) mass is 432 g/mol. The van der Waals surface area contributed by atoms with Crippen molar-refractivity contribution in [2.24, 2.45) is 13.0 Å². The van der Waals surface area contributed by atoms with E-state index in [9.17, 15) is 8.42 Å². The van der Waals surface area contributed by atoms with Crippen molar-refractivity contribution >= 4 is 21.4 Å². The van der Waals surface area contributed by atoms with Gasteiger partial charge >= 0.3 is 0 Å². The van der Waals surface area contributed by atoms with Gasteiger partial charge in [0, 0.05) is 37.8 Å². The first-order valence-electron chi connectivity index (χ1n) is 9.86. The molecule has 6 heterocycles. The minimum atomic E-state index is -3.41. The molecule has 2 bridgehead atoms. The Labute approximate surface area is 174 Å². The first-order valence-corrected chi connectivity index (χ1v) is 12.2. The number of aromatic nitrogens is 2. The predicted octanol–water partition coefficient (Wildman–Crippen LogP) is 2.90. The van der Waals surface area contributed by atoms with Gasteiger partial charge < -0.3 is 4.42 Å². The van der Waals surface area contributed by atoms with E-state index in [0.717, 1.165) is 37.4 Å². The highest BCUT2D eigenvalue weighted by atomic mass is 32.2. The van der Waals surface area contributed by atoms with Gasteiger partial charge in [-0.05, 0) is 54.9 Å². The molecule has 3 aromatic rings. The highest BCUT2D eigenvalue weighted by Gasteiger charge is 2.42. The second-order valence-corrected chi connectivity index (χ2v) is 10.8. The number of aryl methyl sites for hydroxylation is 1. The van der Waals surface area contributed by atoms with Gasteiger partial charge in [0.25, 0.3) is 0 Å². The summed E-state index contributed by atoms with van der Waals surface area (Å²) in [5.74, 6) is 1.74. The van der Waals surface area contributed by atoms with Crippen LogP contribution in [0, 0.1) is 5.92 Å². The van der Waals surface area contributed by atoms with Crippen molar-refractivity contribution in [3.05, 3.63) is 47.7 Å². The first kappa shape index (κ1) is 19.0. The van der Waals surface area contributed by atoms with Gasteiger partial charge in [0.1, 0.15) is 9.90 Å². The number of rotatable bonds is 6. The van der Waals surface area contributed by atoms with Crippen LogP contribution >= 0.6 is 11.3 Å². The van der Waals surface area contributed by atoms with Gasteiger partial charge in [-0.2, -0.15) is 5.10 Å². The molecule has 0 saturated carbocycles. The van der Waals surface area contributed by atoms with E-state index in [2.05, 4.69) is 20.8 Å². The van der Waals surface area contributed by atoms with Gasteiger partial charge in [-0.15, -0.1) is 11.3 Å². The molecular weight excluding hydrogens is 408 g/mol. The molecule has 0 radical (unpaired) electrons. The molecule has 3 fully saturated rings. The van der Waals surface area contributed by atoms with Crippen molar-refractivity contribution < 1.29 is 12.8 Å². The van der Waals surface area contributed by atoms with Crippen LogP contribution in [0.5, 0.6) is 0 Å². The largest absolute Gasteiger partial charge is 0.463 e. The number of fused-ring (bicyclic) bond motifs is 3. The molecule has 3 aliphatic heterocycles. The van der Waals surface area contributed by atoms with Gasteiger partial charge in [0.05, 0.1) is 6.26 Å². The standard InChI is InChI=1S/C20H24N4O3S2/c1-23-18(11-17(22-23)19-4-2-8-27-19)16-13-24-7-6-14(16)10-15(24)12-21-29(25,26)20-5-3-9-28-20/h2-5,8-9,11,14-16,21H,6-7,10,12-13H2,1H3/t14-,15+,16+/m0/s1. The third-order valence-corrected chi connectivity index (χ3v) is 9.04. The zero-order valence-electron chi connectivity index (χ0n) is 16.2. The highest BCUT2D eigenvalue weighted by Crippen LogP contribution is 2.42. The number of sulfonamides is 1. The van der Waals surface area contributed by atoms with Crippen LogP contribution in [0.4, 0.5) is 0 Å². The molecule has 0 spiro atoms. The predicted molar refractivity (Wildman–Crippen MR) is 111 cm³/mol. The molecule has 3 aromatic heterocycles. The van der Waals surface area contributed by atoms with Gasteiger partial charge in [-0.25, -0.2) is 13.1 Å². The lowest BCUT2D eigenvalue weighted by Gasteiger charge is -2.49. The Morgan fingerprint density at radius 3 is 2.93 bits per heavy atom. The third-order valence-electron chi connectivity index (χ3n) is 6.22. The van der Waals surface area contributed by atoms with E-state index in [1.807, 2.05) is 23.9 Å². The summed E-state index contributed by atoms with van der Waals surface area (Å²) in [7, 11) is -1.42. The van der Waals surface area contributed by atoms with Gasteiger partial charge in [-0.1, -0.05) is 6.07 Å². The summed E-state index contributed by atoms with van der Waals surface area (Å²) in [5, 5.41) is 6.43. The Kier molecular flexibility index (Phi) is 4.85. The normalized spacial score (nSPS) is 26.8. The van der Waals surface area contributed by atoms with Crippen LogP contribution in [0.25, 0.3) is 11.5 Å². The number of hydrogen-bond donors (Lipinski definition) is 1. The number of hydrogen-bond acceptors (Lipinski definition) is 6. The molecule has 3 aliphatic rings. The van der Waals surface area contributed by atoms with Crippen LogP contribution < -0.4 is 4.72 Å². The zero-order valence-corrected chi connectivity index (χ0v) is 17.8. The molecule has 9 heteroatoms. The Morgan fingerprint density at radius 1 is 1.34 bits per heavy atom. The maximum Gasteiger partial charge on any atom is 0.250 e. The maximum absolute atomic E-state index is 12.4. The lowest BCUT2D eigenvalue weighted by molar-refractivity contribution is 0.0306. The van der Waals surface area contributed by atoms with Gasteiger partial charge in [0.2, 0.25) is 10.0 Å². The van der Waals surface area contributed by atoms with Crippen LogP contribution in [0.3, 0.4) is 0 Å². The molecule has 7 nitrogen and oxygen atoms in total. The van der Waals surface area contributed by atoms with Crippen molar-refractivity contribution in [3.8, 4) is 11.5 Å². The Morgan fingerprint density at radius 2 is 2.24 bits per heavy atom. The minimum absolute atomic E-state index is 0.248. The maximum atomic E-state index is 12.4. The molecule has 0 amide bonds. The fourth-order valence-electron chi connectivity index (χ4n) is 4.75. The Hall–Kier alpha value is -1.94. The number of nitrogens with one attached hydrogen (secondary N) is 1. The Balaban J connectivity index is 1.28. The van der Waals surface area contributed by atoms with Crippen molar-refractivity contribution in [3.63, 3.8) is 0 Å². The molecule has 6 rings (SSSR count). The number of furan rings is 1. The molecule has 0 aliphatic carbocycles. The number of thiophene rings is 1. The van der Waals surface area contributed by atoms with E-state index in [1.165, 1.54) is 17.0 Å². The molecule has 29 heavy (non-hydrogen) atoms.